The molecule has 1 saturated heterocycles. The van der Waals surface area contributed by atoms with E-state index in [2.05, 4.69) is 26.1 Å². The lowest BCUT2D eigenvalue weighted by Gasteiger charge is -2.47. The lowest BCUT2D eigenvalue weighted by molar-refractivity contribution is -0.177. The van der Waals surface area contributed by atoms with Crippen molar-refractivity contribution < 1.29 is 4.74 Å². The molecule has 0 radical (unpaired) electrons. The molecular formula is C13H25NO. The van der Waals surface area contributed by atoms with Crippen LogP contribution in [-0.2, 0) is 4.74 Å². The Morgan fingerprint density at radius 3 is 2.40 bits per heavy atom. The molecule has 1 atom stereocenters. The highest BCUT2D eigenvalue weighted by Gasteiger charge is 2.43. The molecule has 1 heterocycles. The maximum absolute atomic E-state index is 6.45. The van der Waals surface area contributed by atoms with Crippen molar-refractivity contribution in [3.05, 3.63) is 0 Å². The number of hydrogen-bond donors (Lipinski definition) is 1. The van der Waals surface area contributed by atoms with Crippen molar-refractivity contribution in [1.29, 1.82) is 0 Å². The van der Waals surface area contributed by atoms with Crippen LogP contribution in [-0.4, -0.2) is 24.3 Å². The fourth-order valence-corrected chi connectivity index (χ4v) is 2.84. The van der Waals surface area contributed by atoms with Gasteiger partial charge in [0, 0.05) is 13.1 Å². The van der Waals surface area contributed by atoms with Crippen molar-refractivity contribution in [1.82, 2.24) is 5.32 Å². The van der Waals surface area contributed by atoms with Crippen LogP contribution < -0.4 is 5.32 Å². The molecule has 2 fully saturated rings. The van der Waals surface area contributed by atoms with Gasteiger partial charge in [-0.05, 0) is 32.1 Å². The number of hydrogen-bond acceptors (Lipinski definition) is 2. The molecule has 88 valence electrons. The van der Waals surface area contributed by atoms with E-state index in [9.17, 15) is 0 Å². The zero-order chi connectivity index (χ0) is 10.9. The second-order valence-electron chi connectivity index (χ2n) is 5.69. The number of morpholine rings is 1. The van der Waals surface area contributed by atoms with Gasteiger partial charge < -0.3 is 10.1 Å². The minimum Gasteiger partial charge on any atom is -0.366 e. The topological polar surface area (TPSA) is 21.3 Å². The standard InChI is InChI=1S/C13H25NO/c1-4-13(5-2)10-14-9-12(3,15-13)8-11-6-7-11/h11,14H,4-10H2,1-3H3. The average Bonchev–Trinajstić information content (AvgIpc) is 3.01. The van der Waals surface area contributed by atoms with Crippen LogP contribution in [0.1, 0.15) is 52.9 Å². The first-order valence-corrected chi connectivity index (χ1v) is 6.52. The van der Waals surface area contributed by atoms with Crippen molar-refractivity contribution >= 4 is 0 Å². The summed E-state index contributed by atoms with van der Waals surface area (Å²) >= 11 is 0. The van der Waals surface area contributed by atoms with E-state index in [4.69, 9.17) is 4.74 Å². The Bertz CT molecular complexity index is 221. The van der Waals surface area contributed by atoms with Crippen LogP contribution >= 0.6 is 0 Å². The number of ether oxygens (including phenoxy) is 1. The van der Waals surface area contributed by atoms with Crippen LogP contribution in [0, 0.1) is 5.92 Å². The largest absolute Gasteiger partial charge is 0.366 e. The fraction of sp³-hybridized carbons (Fsp3) is 1.00. The Kier molecular flexibility index (Phi) is 3.09. The fourth-order valence-electron chi connectivity index (χ4n) is 2.84. The van der Waals surface area contributed by atoms with Crippen LogP contribution in [0.5, 0.6) is 0 Å². The molecule has 2 heteroatoms. The van der Waals surface area contributed by atoms with Gasteiger partial charge in [-0.3, -0.25) is 0 Å². The Labute approximate surface area is 93.8 Å². The highest BCUT2D eigenvalue weighted by atomic mass is 16.5. The quantitative estimate of drug-likeness (QED) is 0.772. The summed E-state index contributed by atoms with van der Waals surface area (Å²) in [4.78, 5) is 0. The zero-order valence-corrected chi connectivity index (χ0v) is 10.4. The first-order valence-electron chi connectivity index (χ1n) is 6.52. The van der Waals surface area contributed by atoms with Crippen molar-refractivity contribution in [3.63, 3.8) is 0 Å². The van der Waals surface area contributed by atoms with Gasteiger partial charge in [-0.2, -0.15) is 0 Å². The van der Waals surface area contributed by atoms with E-state index >= 15 is 0 Å². The molecule has 2 aliphatic rings. The zero-order valence-electron chi connectivity index (χ0n) is 10.4. The highest BCUT2D eigenvalue weighted by molar-refractivity contribution is 4.96. The van der Waals surface area contributed by atoms with E-state index in [0.717, 1.165) is 31.8 Å². The number of rotatable bonds is 4. The monoisotopic (exact) mass is 211 g/mol. The van der Waals surface area contributed by atoms with Gasteiger partial charge in [-0.25, -0.2) is 0 Å². The third-order valence-electron chi connectivity index (χ3n) is 4.12. The highest BCUT2D eigenvalue weighted by Crippen LogP contribution is 2.41. The summed E-state index contributed by atoms with van der Waals surface area (Å²) in [6.07, 6.45) is 6.34. The smallest absolute Gasteiger partial charge is 0.0809 e. The van der Waals surface area contributed by atoms with Gasteiger partial charge in [0.25, 0.3) is 0 Å². The van der Waals surface area contributed by atoms with Crippen molar-refractivity contribution in [2.75, 3.05) is 13.1 Å². The Hall–Kier alpha value is -0.0800. The van der Waals surface area contributed by atoms with E-state index in [1.54, 1.807) is 0 Å². The predicted molar refractivity (Wildman–Crippen MR) is 63.0 cm³/mol. The number of nitrogens with one attached hydrogen (secondary N) is 1. The lowest BCUT2D eigenvalue weighted by atomic mass is 9.89. The normalized spacial score (nSPS) is 35.4. The summed E-state index contributed by atoms with van der Waals surface area (Å²) in [5.41, 5.74) is 0.188. The molecule has 0 aromatic carbocycles. The van der Waals surface area contributed by atoms with Crippen LogP contribution in [0.3, 0.4) is 0 Å². The molecule has 0 bridgehead atoms. The lowest BCUT2D eigenvalue weighted by Crippen LogP contribution is -2.59. The van der Waals surface area contributed by atoms with Crippen molar-refractivity contribution in [2.45, 2.75) is 64.1 Å². The van der Waals surface area contributed by atoms with Gasteiger partial charge in [0.05, 0.1) is 11.2 Å². The summed E-state index contributed by atoms with van der Waals surface area (Å²) in [5, 5.41) is 3.58. The minimum atomic E-state index is 0.0887. The molecular weight excluding hydrogens is 186 g/mol. The molecule has 1 aliphatic carbocycles. The average molecular weight is 211 g/mol. The van der Waals surface area contributed by atoms with Gasteiger partial charge in [-0.1, -0.05) is 26.7 Å². The molecule has 2 nitrogen and oxygen atoms in total. The molecule has 1 unspecified atom stereocenters. The summed E-state index contributed by atoms with van der Waals surface area (Å²) in [6.45, 7) is 8.84. The van der Waals surface area contributed by atoms with Crippen LogP contribution in [0.2, 0.25) is 0 Å². The summed E-state index contributed by atoms with van der Waals surface area (Å²) in [6, 6.07) is 0. The van der Waals surface area contributed by atoms with E-state index in [0.29, 0.717) is 0 Å². The summed E-state index contributed by atoms with van der Waals surface area (Å²) in [7, 11) is 0. The first-order chi connectivity index (χ1) is 7.11. The van der Waals surface area contributed by atoms with E-state index in [-0.39, 0.29) is 11.2 Å². The first kappa shape index (κ1) is 11.4. The van der Waals surface area contributed by atoms with Gasteiger partial charge in [-0.15, -0.1) is 0 Å². The Balaban J connectivity index is 2.00. The van der Waals surface area contributed by atoms with Crippen LogP contribution in [0.15, 0.2) is 0 Å². The van der Waals surface area contributed by atoms with E-state index in [1.165, 1.54) is 19.3 Å². The van der Waals surface area contributed by atoms with E-state index < -0.39 is 0 Å². The second kappa shape index (κ2) is 4.06. The SMILES string of the molecule is CCC1(CC)CNCC(C)(CC2CC2)O1. The Morgan fingerprint density at radius 1 is 1.20 bits per heavy atom. The van der Waals surface area contributed by atoms with E-state index in [1.807, 2.05) is 0 Å². The van der Waals surface area contributed by atoms with Crippen LogP contribution in [0.4, 0.5) is 0 Å². The third kappa shape index (κ3) is 2.54. The maximum Gasteiger partial charge on any atom is 0.0809 e. The predicted octanol–water partition coefficient (Wildman–Crippen LogP) is 2.72. The van der Waals surface area contributed by atoms with Gasteiger partial charge >= 0.3 is 0 Å². The molecule has 0 aromatic rings. The van der Waals surface area contributed by atoms with Gasteiger partial charge in [0.1, 0.15) is 0 Å². The minimum absolute atomic E-state index is 0.0887. The van der Waals surface area contributed by atoms with Crippen molar-refractivity contribution in [3.8, 4) is 0 Å². The summed E-state index contributed by atoms with van der Waals surface area (Å²) in [5.74, 6) is 0.946. The molecule has 2 rings (SSSR count). The summed E-state index contributed by atoms with van der Waals surface area (Å²) < 4.78 is 6.45. The maximum atomic E-state index is 6.45. The third-order valence-corrected chi connectivity index (χ3v) is 4.12. The molecule has 0 spiro atoms. The van der Waals surface area contributed by atoms with Gasteiger partial charge in [0.15, 0.2) is 0 Å². The second-order valence-corrected chi connectivity index (χ2v) is 5.69. The molecule has 15 heavy (non-hydrogen) atoms. The van der Waals surface area contributed by atoms with Crippen LogP contribution in [0.25, 0.3) is 0 Å². The van der Waals surface area contributed by atoms with Crippen molar-refractivity contribution in [2.24, 2.45) is 5.92 Å². The molecule has 0 aromatic heterocycles. The molecule has 1 aliphatic heterocycles. The van der Waals surface area contributed by atoms with Gasteiger partial charge in [0.2, 0.25) is 0 Å². The molecule has 1 N–H and O–H groups in total. The Morgan fingerprint density at radius 2 is 1.87 bits per heavy atom. The molecule has 1 saturated carbocycles. The molecule has 0 amide bonds.